The first-order valence-electron chi connectivity index (χ1n) is 8.65. The molecule has 0 radical (unpaired) electrons. The maximum atomic E-state index is 12.2. The Morgan fingerprint density at radius 1 is 0.963 bits per heavy atom. The van der Waals surface area contributed by atoms with Crippen LogP contribution >= 0.6 is 0 Å². The standard InChI is InChI=1S/C21H24N2O4/c1-14-9-10-16(11-15(14)2)19(25)22-12-18(24)23-13-21(3,20(26)27)17-7-5-4-6-8-17/h4-11H,12-13H2,1-3H3,(H,22,25)(H,23,24)(H,26,27). The van der Waals surface area contributed by atoms with Crippen LogP contribution in [0.3, 0.4) is 0 Å². The molecule has 0 aliphatic rings. The molecule has 27 heavy (non-hydrogen) atoms. The van der Waals surface area contributed by atoms with Crippen LogP contribution in [0.25, 0.3) is 0 Å². The summed E-state index contributed by atoms with van der Waals surface area (Å²) in [5, 5.41) is 14.7. The maximum Gasteiger partial charge on any atom is 0.315 e. The average Bonchev–Trinajstić information content (AvgIpc) is 2.66. The number of nitrogens with one attached hydrogen (secondary N) is 2. The summed E-state index contributed by atoms with van der Waals surface area (Å²) in [7, 11) is 0. The lowest BCUT2D eigenvalue weighted by atomic mass is 9.82. The van der Waals surface area contributed by atoms with Gasteiger partial charge in [0.15, 0.2) is 0 Å². The minimum atomic E-state index is -1.25. The van der Waals surface area contributed by atoms with E-state index in [1.165, 1.54) is 0 Å². The molecule has 0 aromatic heterocycles. The zero-order valence-corrected chi connectivity index (χ0v) is 15.7. The number of benzene rings is 2. The first kappa shape index (κ1) is 20.2. The van der Waals surface area contributed by atoms with Crippen molar-refractivity contribution in [1.82, 2.24) is 10.6 Å². The molecule has 142 valence electrons. The van der Waals surface area contributed by atoms with Crippen LogP contribution in [0, 0.1) is 13.8 Å². The molecule has 2 amide bonds. The molecular formula is C21H24N2O4. The minimum absolute atomic E-state index is 0.0787. The Morgan fingerprint density at radius 3 is 2.22 bits per heavy atom. The quantitative estimate of drug-likeness (QED) is 0.698. The van der Waals surface area contributed by atoms with Crippen molar-refractivity contribution in [2.75, 3.05) is 13.1 Å². The predicted octanol–water partition coefficient (Wildman–Crippen LogP) is 2.19. The zero-order valence-electron chi connectivity index (χ0n) is 15.7. The minimum Gasteiger partial charge on any atom is -0.481 e. The number of hydrogen-bond acceptors (Lipinski definition) is 3. The van der Waals surface area contributed by atoms with Crippen LogP contribution in [0.2, 0.25) is 0 Å². The molecule has 2 aromatic carbocycles. The summed E-state index contributed by atoms with van der Waals surface area (Å²) in [6, 6.07) is 14.0. The van der Waals surface area contributed by atoms with Gasteiger partial charge in [0.1, 0.15) is 5.41 Å². The number of aliphatic carboxylic acids is 1. The largest absolute Gasteiger partial charge is 0.481 e. The smallest absolute Gasteiger partial charge is 0.315 e. The van der Waals surface area contributed by atoms with E-state index in [2.05, 4.69) is 10.6 Å². The highest BCUT2D eigenvalue weighted by Crippen LogP contribution is 2.23. The molecule has 0 aliphatic heterocycles. The van der Waals surface area contributed by atoms with Crippen molar-refractivity contribution in [2.45, 2.75) is 26.2 Å². The molecule has 0 aliphatic carbocycles. The molecule has 3 N–H and O–H groups in total. The van der Waals surface area contributed by atoms with Gasteiger partial charge < -0.3 is 15.7 Å². The van der Waals surface area contributed by atoms with Gasteiger partial charge in [-0.15, -0.1) is 0 Å². The molecular weight excluding hydrogens is 344 g/mol. The molecule has 2 aromatic rings. The van der Waals surface area contributed by atoms with Crippen molar-refractivity contribution in [3.63, 3.8) is 0 Å². The second-order valence-electron chi connectivity index (χ2n) is 6.76. The Morgan fingerprint density at radius 2 is 1.63 bits per heavy atom. The third-order valence-corrected chi connectivity index (χ3v) is 4.70. The number of rotatable bonds is 7. The van der Waals surface area contributed by atoms with E-state index < -0.39 is 17.3 Å². The number of carbonyl (C=O) groups excluding carboxylic acids is 2. The van der Waals surface area contributed by atoms with E-state index in [4.69, 9.17) is 0 Å². The van der Waals surface area contributed by atoms with E-state index >= 15 is 0 Å². The average molecular weight is 368 g/mol. The normalized spacial score (nSPS) is 12.7. The lowest BCUT2D eigenvalue weighted by molar-refractivity contribution is -0.143. The molecule has 6 nitrogen and oxygen atoms in total. The maximum absolute atomic E-state index is 12.2. The highest BCUT2D eigenvalue weighted by Gasteiger charge is 2.35. The van der Waals surface area contributed by atoms with Crippen LogP contribution in [-0.4, -0.2) is 36.0 Å². The van der Waals surface area contributed by atoms with Gasteiger partial charge in [-0.2, -0.15) is 0 Å². The topological polar surface area (TPSA) is 95.5 Å². The predicted molar refractivity (Wildman–Crippen MR) is 103 cm³/mol. The van der Waals surface area contributed by atoms with Crippen molar-refractivity contribution < 1.29 is 19.5 Å². The second kappa shape index (κ2) is 8.49. The van der Waals surface area contributed by atoms with Gasteiger partial charge in [0.2, 0.25) is 5.91 Å². The lowest BCUT2D eigenvalue weighted by Crippen LogP contribution is -2.47. The van der Waals surface area contributed by atoms with Crippen molar-refractivity contribution in [2.24, 2.45) is 0 Å². The summed E-state index contributed by atoms with van der Waals surface area (Å²) < 4.78 is 0. The number of aryl methyl sites for hydroxylation is 2. The summed E-state index contributed by atoms with van der Waals surface area (Å²) in [6.45, 7) is 5.12. The summed E-state index contributed by atoms with van der Waals surface area (Å²) in [5.41, 5.74) is 1.89. The van der Waals surface area contributed by atoms with Gasteiger partial charge in [0, 0.05) is 12.1 Å². The number of carbonyl (C=O) groups is 3. The molecule has 0 spiro atoms. The molecule has 2 rings (SSSR count). The second-order valence-corrected chi connectivity index (χ2v) is 6.76. The van der Waals surface area contributed by atoms with Gasteiger partial charge in [0.05, 0.1) is 6.54 Å². The van der Waals surface area contributed by atoms with Crippen LogP contribution in [0.4, 0.5) is 0 Å². The molecule has 6 heteroatoms. The summed E-state index contributed by atoms with van der Waals surface area (Å²) in [6.07, 6.45) is 0. The monoisotopic (exact) mass is 368 g/mol. The van der Waals surface area contributed by atoms with Gasteiger partial charge in [-0.3, -0.25) is 14.4 Å². The van der Waals surface area contributed by atoms with Crippen molar-refractivity contribution >= 4 is 17.8 Å². The van der Waals surface area contributed by atoms with Crippen molar-refractivity contribution in [1.29, 1.82) is 0 Å². The molecule has 0 heterocycles. The Labute approximate surface area is 158 Å². The molecule has 1 atom stereocenters. The van der Waals surface area contributed by atoms with Gasteiger partial charge >= 0.3 is 5.97 Å². The summed E-state index contributed by atoms with van der Waals surface area (Å²) in [4.78, 5) is 36.0. The fourth-order valence-electron chi connectivity index (χ4n) is 2.59. The lowest BCUT2D eigenvalue weighted by Gasteiger charge is -2.25. The Balaban J connectivity index is 1.94. The van der Waals surface area contributed by atoms with Crippen LogP contribution < -0.4 is 10.6 Å². The van der Waals surface area contributed by atoms with Gasteiger partial charge in [0.25, 0.3) is 5.91 Å². The number of hydrogen-bond donors (Lipinski definition) is 3. The van der Waals surface area contributed by atoms with Crippen molar-refractivity contribution in [3.8, 4) is 0 Å². The molecule has 0 fully saturated rings. The van der Waals surface area contributed by atoms with E-state index in [0.717, 1.165) is 11.1 Å². The number of carboxylic acids is 1. The number of carboxylic acid groups (broad SMARTS) is 1. The molecule has 0 bridgehead atoms. The molecule has 1 unspecified atom stereocenters. The van der Waals surface area contributed by atoms with E-state index in [0.29, 0.717) is 11.1 Å². The van der Waals surface area contributed by atoms with Crippen LogP contribution in [0.1, 0.15) is 34.0 Å². The van der Waals surface area contributed by atoms with E-state index in [1.807, 2.05) is 19.9 Å². The third kappa shape index (κ3) is 4.94. The van der Waals surface area contributed by atoms with Crippen LogP contribution in [0.15, 0.2) is 48.5 Å². The Bertz CT molecular complexity index is 849. The van der Waals surface area contributed by atoms with E-state index in [1.54, 1.807) is 49.4 Å². The summed E-state index contributed by atoms with van der Waals surface area (Å²) >= 11 is 0. The van der Waals surface area contributed by atoms with Crippen LogP contribution in [-0.2, 0) is 15.0 Å². The highest BCUT2D eigenvalue weighted by atomic mass is 16.4. The van der Waals surface area contributed by atoms with Gasteiger partial charge in [-0.25, -0.2) is 0 Å². The fourth-order valence-corrected chi connectivity index (χ4v) is 2.59. The highest BCUT2D eigenvalue weighted by molar-refractivity contribution is 5.96. The zero-order chi connectivity index (χ0) is 20.0. The van der Waals surface area contributed by atoms with Gasteiger partial charge in [-0.1, -0.05) is 36.4 Å². The summed E-state index contributed by atoms with van der Waals surface area (Å²) in [5.74, 6) is -1.83. The van der Waals surface area contributed by atoms with Crippen LogP contribution in [0.5, 0.6) is 0 Å². The Hall–Kier alpha value is -3.15. The molecule has 0 saturated heterocycles. The SMILES string of the molecule is Cc1ccc(C(=O)NCC(=O)NCC(C)(C(=O)O)c2ccccc2)cc1C. The first-order valence-corrected chi connectivity index (χ1v) is 8.65. The van der Waals surface area contributed by atoms with Gasteiger partial charge in [-0.05, 0) is 49.6 Å². The molecule has 0 saturated carbocycles. The van der Waals surface area contributed by atoms with Crippen molar-refractivity contribution in [3.05, 3.63) is 70.8 Å². The number of amides is 2. The Kier molecular flexibility index (Phi) is 6.34. The third-order valence-electron chi connectivity index (χ3n) is 4.70. The first-order chi connectivity index (χ1) is 12.7. The van der Waals surface area contributed by atoms with E-state index in [9.17, 15) is 19.5 Å². The van der Waals surface area contributed by atoms with E-state index in [-0.39, 0.29) is 19.0 Å². The fraction of sp³-hybridized carbons (Fsp3) is 0.286.